The SMILES string of the molecule is CCc1ccc(-n2ncc3cnc(Cl)cc32)nc1F. The molecule has 4 nitrogen and oxygen atoms in total. The van der Waals surface area contributed by atoms with Crippen LogP contribution < -0.4 is 0 Å². The van der Waals surface area contributed by atoms with Gasteiger partial charge in [0.25, 0.3) is 0 Å². The second kappa shape index (κ2) is 4.59. The summed E-state index contributed by atoms with van der Waals surface area (Å²) < 4.78 is 15.3. The third kappa shape index (κ3) is 2.06. The molecular formula is C13H10ClFN4. The van der Waals surface area contributed by atoms with Crippen LogP contribution >= 0.6 is 11.6 Å². The summed E-state index contributed by atoms with van der Waals surface area (Å²) in [7, 11) is 0. The Labute approximate surface area is 113 Å². The van der Waals surface area contributed by atoms with Gasteiger partial charge in [-0.1, -0.05) is 24.6 Å². The van der Waals surface area contributed by atoms with E-state index in [1.165, 1.54) is 0 Å². The molecule has 3 aromatic heterocycles. The molecule has 0 saturated heterocycles. The molecule has 0 aliphatic heterocycles. The lowest BCUT2D eigenvalue weighted by Gasteiger charge is -2.05. The van der Waals surface area contributed by atoms with Gasteiger partial charge in [-0.25, -0.2) is 9.67 Å². The Morgan fingerprint density at radius 3 is 2.89 bits per heavy atom. The van der Waals surface area contributed by atoms with Crippen molar-refractivity contribution in [3.63, 3.8) is 0 Å². The minimum Gasteiger partial charge on any atom is -0.244 e. The van der Waals surface area contributed by atoms with Gasteiger partial charge >= 0.3 is 0 Å². The number of pyridine rings is 2. The standard InChI is InChI=1S/C13H10ClFN4/c1-2-8-3-4-12(18-13(8)15)19-10-5-11(14)16-6-9(10)7-17-19/h3-7H,2H2,1H3. The summed E-state index contributed by atoms with van der Waals surface area (Å²) in [5.74, 6) is -0.0456. The zero-order valence-electron chi connectivity index (χ0n) is 10.1. The summed E-state index contributed by atoms with van der Waals surface area (Å²) in [4.78, 5) is 7.91. The first-order valence-corrected chi connectivity index (χ1v) is 6.22. The number of halogens is 2. The van der Waals surface area contributed by atoms with Crippen LogP contribution in [0.1, 0.15) is 12.5 Å². The maximum absolute atomic E-state index is 13.7. The summed E-state index contributed by atoms with van der Waals surface area (Å²) >= 11 is 5.87. The second-order valence-corrected chi connectivity index (χ2v) is 4.48. The lowest BCUT2D eigenvalue weighted by molar-refractivity contribution is 0.563. The quantitative estimate of drug-likeness (QED) is 0.675. The molecule has 0 N–H and O–H groups in total. The van der Waals surface area contributed by atoms with Crippen LogP contribution in [0, 0.1) is 5.95 Å². The molecule has 19 heavy (non-hydrogen) atoms. The zero-order chi connectivity index (χ0) is 13.4. The molecule has 0 atom stereocenters. The summed E-state index contributed by atoms with van der Waals surface area (Å²) in [6.45, 7) is 1.88. The van der Waals surface area contributed by atoms with Crippen LogP contribution in [-0.2, 0) is 6.42 Å². The van der Waals surface area contributed by atoms with E-state index in [-0.39, 0.29) is 0 Å². The molecule has 0 unspecified atom stereocenters. The molecule has 0 saturated carbocycles. The molecule has 3 rings (SSSR count). The summed E-state index contributed by atoms with van der Waals surface area (Å²) in [6.07, 6.45) is 3.87. The van der Waals surface area contributed by atoms with E-state index >= 15 is 0 Å². The lowest BCUT2D eigenvalue weighted by atomic mass is 10.2. The molecule has 0 radical (unpaired) electrons. The highest BCUT2D eigenvalue weighted by atomic mass is 35.5. The Morgan fingerprint density at radius 2 is 2.16 bits per heavy atom. The smallest absolute Gasteiger partial charge is 0.218 e. The second-order valence-electron chi connectivity index (χ2n) is 4.10. The van der Waals surface area contributed by atoms with E-state index in [2.05, 4.69) is 15.1 Å². The highest BCUT2D eigenvalue weighted by molar-refractivity contribution is 6.30. The molecule has 3 aromatic rings. The summed E-state index contributed by atoms with van der Waals surface area (Å²) in [5, 5.41) is 5.38. The molecule has 3 heterocycles. The van der Waals surface area contributed by atoms with Gasteiger partial charge in [0.05, 0.1) is 11.7 Å². The molecule has 96 valence electrons. The van der Waals surface area contributed by atoms with Gasteiger partial charge in [-0.3, -0.25) is 0 Å². The van der Waals surface area contributed by atoms with Gasteiger partial charge in [0.15, 0.2) is 5.82 Å². The number of hydrogen-bond donors (Lipinski definition) is 0. The van der Waals surface area contributed by atoms with Gasteiger partial charge in [0.2, 0.25) is 5.95 Å². The van der Waals surface area contributed by atoms with Gasteiger partial charge in [-0.05, 0) is 12.5 Å². The fraction of sp³-hybridized carbons (Fsp3) is 0.154. The first-order valence-electron chi connectivity index (χ1n) is 5.84. The van der Waals surface area contributed by atoms with E-state index in [1.54, 1.807) is 35.3 Å². The molecule has 0 amide bonds. The average molecular weight is 277 g/mol. The number of fused-ring (bicyclic) bond motifs is 1. The lowest BCUT2D eigenvalue weighted by Crippen LogP contribution is -2.03. The van der Waals surface area contributed by atoms with Gasteiger partial charge in [0.1, 0.15) is 5.15 Å². The number of aryl methyl sites for hydroxylation is 1. The van der Waals surface area contributed by atoms with Crippen molar-refractivity contribution < 1.29 is 4.39 Å². The van der Waals surface area contributed by atoms with Gasteiger partial charge < -0.3 is 0 Å². The van der Waals surface area contributed by atoms with Crippen molar-refractivity contribution in [2.24, 2.45) is 0 Å². The van der Waals surface area contributed by atoms with E-state index in [4.69, 9.17) is 11.6 Å². The van der Waals surface area contributed by atoms with Crippen molar-refractivity contribution in [2.75, 3.05) is 0 Å². The Balaban J connectivity index is 2.18. The van der Waals surface area contributed by atoms with Crippen molar-refractivity contribution in [3.8, 4) is 5.82 Å². The molecule has 0 aromatic carbocycles. The molecule has 6 heteroatoms. The first kappa shape index (κ1) is 12.0. The monoisotopic (exact) mass is 276 g/mol. The third-order valence-electron chi connectivity index (χ3n) is 2.93. The van der Waals surface area contributed by atoms with Crippen LogP contribution in [-0.4, -0.2) is 19.7 Å². The molecule has 0 bridgehead atoms. The number of rotatable bonds is 2. The maximum atomic E-state index is 13.7. The average Bonchev–Trinajstić information content (AvgIpc) is 2.81. The summed E-state index contributed by atoms with van der Waals surface area (Å²) in [5.41, 5.74) is 1.33. The molecule has 0 fully saturated rings. The highest BCUT2D eigenvalue weighted by Crippen LogP contribution is 2.20. The highest BCUT2D eigenvalue weighted by Gasteiger charge is 2.10. The fourth-order valence-electron chi connectivity index (χ4n) is 1.91. The normalized spacial score (nSPS) is 11.1. The number of hydrogen-bond acceptors (Lipinski definition) is 3. The third-order valence-corrected chi connectivity index (χ3v) is 3.13. The van der Waals surface area contributed by atoms with Crippen LogP contribution in [0.2, 0.25) is 5.15 Å². The Hall–Kier alpha value is -2.01. The Bertz CT molecular complexity index is 753. The fourth-order valence-corrected chi connectivity index (χ4v) is 2.07. The van der Waals surface area contributed by atoms with Crippen LogP contribution in [0.25, 0.3) is 16.7 Å². The van der Waals surface area contributed by atoms with Crippen LogP contribution in [0.3, 0.4) is 0 Å². The van der Waals surface area contributed by atoms with Crippen LogP contribution in [0.5, 0.6) is 0 Å². The maximum Gasteiger partial charge on any atom is 0.218 e. The predicted molar refractivity (Wildman–Crippen MR) is 71.0 cm³/mol. The van der Waals surface area contributed by atoms with Gasteiger partial charge in [0, 0.05) is 23.2 Å². The zero-order valence-corrected chi connectivity index (χ0v) is 10.9. The molecular weight excluding hydrogens is 267 g/mol. The van der Waals surface area contributed by atoms with Crippen molar-refractivity contribution in [1.82, 2.24) is 19.7 Å². The minimum absolute atomic E-state index is 0.361. The molecule has 0 spiro atoms. The minimum atomic E-state index is -0.469. The number of nitrogens with zero attached hydrogens (tertiary/aromatic N) is 4. The Morgan fingerprint density at radius 1 is 1.32 bits per heavy atom. The van der Waals surface area contributed by atoms with Crippen LogP contribution in [0.4, 0.5) is 4.39 Å². The first-order chi connectivity index (χ1) is 9.19. The Kier molecular flexibility index (Phi) is 2.91. The van der Waals surface area contributed by atoms with E-state index in [0.29, 0.717) is 23.0 Å². The molecule has 0 aliphatic carbocycles. The topological polar surface area (TPSA) is 43.6 Å². The number of aromatic nitrogens is 4. The largest absolute Gasteiger partial charge is 0.244 e. The van der Waals surface area contributed by atoms with Crippen molar-refractivity contribution in [3.05, 3.63) is 47.3 Å². The summed E-state index contributed by atoms with van der Waals surface area (Å²) in [6, 6.07) is 5.13. The van der Waals surface area contributed by atoms with Crippen molar-refractivity contribution in [2.45, 2.75) is 13.3 Å². The van der Waals surface area contributed by atoms with Gasteiger partial charge in [-0.2, -0.15) is 14.5 Å². The van der Waals surface area contributed by atoms with Gasteiger partial charge in [-0.15, -0.1) is 0 Å². The van der Waals surface area contributed by atoms with E-state index < -0.39 is 5.95 Å². The van der Waals surface area contributed by atoms with E-state index in [1.807, 2.05) is 6.92 Å². The van der Waals surface area contributed by atoms with Crippen molar-refractivity contribution >= 4 is 22.5 Å². The van der Waals surface area contributed by atoms with E-state index in [9.17, 15) is 4.39 Å². The molecule has 0 aliphatic rings. The van der Waals surface area contributed by atoms with E-state index in [0.717, 1.165) is 10.9 Å². The van der Waals surface area contributed by atoms with Crippen LogP contribution in [0.15, 0.2) is 30.6 Å². The van der Waals surface area contributed by atoms with Crippen molar-refractivity contribution in [1.29, 1.82) is 0 Å². The predicted octanol–water partition coefficient (Wildman–Crippen LogP) is 3.17.